The van der Waals surface area contributed by atoms with Crippen LogP contribution in [0.3, 0.4) is 0 Å². The number of anilines is 3. The minimum Gasteiger partial charge on any atom is -0.341 e. The Bertz CT molecular complexity index is 429. The monoisotopic (exact) mass is 279 g/mol. The molecule has 3 N–H and O–H groups in total. The van der Waals surface area contributed by atoms with Gasteiger partial charge in [-0.15, -0.1) is 0 Å². The minimum atomic E-state index is 0.422. The highest BCUT2D eigenvalue weighted by molar-refractivity contribution is 5.44. The first-order chi connectivity index (χ1) is 9.71. The Kier molecular flexibility index (Phi) is 4.94. The van der Waals surface area contributed by atoms with Gasteiger partial charge in [0, 0.05) is 26.2 Å². The number of nitrogens with zero attached hydrogens (tertiary/aromatic N) is 5. The molecule has 0 aliphatic heterocycles. The fraction of sp³-hybridized carbons (Fsp3) is 0.769. The third-order valence-corrected chi connectivity index (χ3v) is 3.63. The van der Waals surface area contributed by atoms with Crippen LogP contribution in [0.4, 0.5) is 17.8 Å². The van der Waals surface area contributed by atoms with Gasteiger partial charge in [0.25, 0.3) is 0 Å². The first kappa shape index (κ1) is 14.8. The summed E-state index contributed by atoms with van der Waals surface area (Å²) >= 11 is 0. The fourth-order valence-electron chi connectivity index (χ4n) is 2.17. The van der Waals surface area contributed by atoms with Crippen LogP contribution in [0.15, 0.2) is 0 Å². The Balaban J connectivity index is 2.27. The molecule has 0 atom stereocenters. The van der Waals surface area contributed by atoms with Gasteiger partial charge >= 0.3 is 0 Å². The molecular weight excluding hydrogens is 254 g/mol. The lowest BCUT2D eigenvalue weighted by Crippen LogP contribution is -2.31. The molecule has 7 heteroatoms. The van der Waals surface area contributed by atoms with Crippen molar-refractivity contribution in [2.45, 2.75) is 33.6 Å². The number of hydrogen-bond acceptors (Lipinski definition) is 7. The molecule has 1 fully saturated rings. The summed E-state index contributed by atoms with van der Waals surface area (Å²) in [4.78, 5) is 17.6. The van der Waals surface area contributed by atoms with Gasteiger partial charge in [-0.25, -0.2) is 5.84 Å². The summed E-state index contributed by atoms with van der Waals surface area (Å²) in [5.41, 5.74) is 2.54. The molecule has 0 aromatic carbocycles. The van der Waals surface area contributed by atoms with E-state index in [4.69, 9.17) is 5.84 Å². The van der Waals surface area contributed by atoms with Crippen molar-refractivity contribution in [2.24, 2.45) is 11.8 Å². The van der Waals surface area contributed by atoms with Crippen LogP contribution in [0.1, 0.15) is 33.6 Å². The summed E-state index contributed by atoms with van der Waals surface area (Å²) in [5, 5.41) is 0. The zero-order chi connectivity index (χ0) is 14.5. The second kappa shape index (κ2) is 6.69. The van der Waals surface area contributed by atoms with E-state index in [-0.39, 0.29) is 0 Å². The molecule has 1 saturated carbocycles. The largest absolute Gasteiger partial charge is 0.341 e. The van der Waals surface area contributed by atoms with Crippen LogP contribution in [-0.4, -0.2) is 41.1 Å². The lowest BCUT2D eigenvalue weighted by molar-refractivity contribution is 0.711. The predicted molar refractivity (Wildman–Crippen MR) is 81.8 cm³/mol. The lowest BCUT2D eigenvalue weighted by atomic mass is 10.4. The molecule has 112 valence electrons. The molecule has 20 heavy (non-hydrogen) atoms. The van der Waals surface area contributed by atoms with Crippen molar-refractivity contribution in [2.75, 3.05) is 41.4 Å². The number of hydrazine groups is 1. The van der Waals surface area contributed by atoms with Crippen molar-refractivity contribution in [1.29, 1.82) is 0 Å². The smallest absolute Gasteiger partial charge is 0.243 e. The van der Waals surface area contributed by atoms with Gasteiger partial charge in [-0.3, -0.25) is 5.43 Å². The van der Waals surface area contributed by atoms with Crippen molar-refractivity contribution < 1.29 is 0 Å². The summed E-state index contributed by atoms with van der Waals surface area (Å²) in [5.74, 6) is 8.09. The van der Waals surface area contributed by atoms with E-state index in [9.17, 15) is 0 Å². The normalized spacial score (nSPS) is 14.2. The average molecular weight is 279 g/mol. The van der Waals surface area contributed by atoms with E-state index in [2.05, 4.69) is 50.9 Å². The molecule has 0 amide bonds. The molecule has 0 bridgehead atoms. The Hall–Kier alpha value is -1.63. The molecule has 0 spiro atoms. The van der Waals surface area contributed by atoms with Crippen LogP contribution in [0.2, 0.25) is 0 Å². The lowest BCUT2D eigenvalue weighted by Gasteiger charge is -2.24. The predicted octanol–water partition coefficient (Wildman–Crippen LogP) is 1.24. The second-order valence-electron chi connectivity index (χ2n) is 5.06. The molecule has 1 heterocycles. The van der Waals surface area contributed by atoms with E-state index < -0.39 is 0 Å². The maximum Gasteiger partial charge on any atom is 0.243 e. The molecule has 2 rings (SSSR count). The maximum atomic E-state index is 5.49. The molecule has 1 aliphatic rings. The quantitative estimate of drug-likeness (QED) is 0.547. The zero-order valence-corrected chi connectivity index (χ0v) is 12.6. The number of rotatable bonds is 8. The van der Waals surface area contributed by atoms with E-state index in [0.29, 0.717) is 17.8 Å². The number of nitrogen functional groups attached to an aromatic ring is 1. The van der Waals surface area contributed by atoms with Crippen LogP contribution in [0, 0.1) is 5.92 Å². The van der Waals surface area contributed by atoms with Gasteiger partial charge in [-0.2, -0.15) is 15.0 Å². The fourth-order valence-corrected chi connectivity index (χ4v) is 2.17. The van der Waals surface area contributed by atoms with E-state index in [1.54, 1.807) is 0 Å². The first-order valence-corrected chi connectivity index (χ1v) is 7.44. The van der Waals surface area contributed by atoms with Crippen LogP contribution in [0.5, 0.6) is 0 Å². The number of aromatic nitrogens is 3. The highest BCUT2D eigenvalue weighted by Crippen LogP contribution is 2.31. The van der Waals surface area contributed by atoms with Crippen molar-refractivity contribution in [3.8, 4) is 0 Å². The molecular formula is C13H25N7. The molecule has 1 aromatic heterocycles. The zero-order valence-electron chi connectivity index (χ0n) is 12.6. The van der Waals surface area contributed by atoms with Crippen LogP contribution in [0.25, 0.3) is 0 Å². The van der Waals surface area contributed by atoms with Crippen molar-refractivity contribution in [3.05, 3.63) is 0 Å². The van der Waals surface area contributed by atoms with Gasteiger partial charge in [0.05, 0.1) is 0 Å². The first-order valence-electron chi connectivity index (χ1n) is 7.44. The Morgan fingerprint density at radius 2 is 1.55 bits per heavy atom. The molecule has 1 aromatic rings. The van der Waals surface area contributed by atoms with Gasteiger partial charge in [0.2, 0.25) is 17.8 Å². The highest BCUT2D eigenvalue weighted by atomic mass is 15.4. The standard InChI is InChI=1S/C13H25N7/c1-4-19(5-2)12-15-11(18-14)16-13(17-12)20(6-3)9-10-7-8-10/h10H,4-9,14H2,1-3H3,(H,15,16,17,18). The molecule has 7 nitrogen and oxygen atoms in total. The Morgan fingerprint density at radius 3 is 2.00 bits per heavy atom. The van der Waals surface area contributed by atoms with E-state index >= 15 is 0 Å². The number of nitrogens with two attached hydrogens (primary N) is 1. The topological polar surface area (TPSA) is 83.2 Å². The van der Waals surface area contributed by atoms with Gasteiger partial charge in [0.15, 0.2) is 0 Å². The SMILES string of the molecule is CCN(CC)c1nc(NN)nc(N(CC)CC2CC2)n1. The average Bonchev–Trinajstić information content (AvgIpc) is 3.29. The molecule has 0 saturated heterocycles. The van der Waals surface area contributed by atoms with E-state index in [0.717, 1.165) is 32.1 Å². The highest BCUT2D eigenvalue weighted by Gasteiger charge is 2.25. The Labute approximate surface area is 120 Å². The van der Waals surface area contributed by atoms with Crippen molar-refractivity contribution >= 4 is 17.8 Å². The summed E-state index contributed by atoms with van der Waals surface area (Å²) < 4.78 is 0. The molecule has 0 radical (unpaired) electrons. The summed E-state index contributed by atoms with van der Waals surface area (Å²) in [7, 11) is 0. The minimum absolute atomic E-state index is 0.422. The van der Waals surface area contributed by atoms with E-state index in [1.165, 1.54) is 12.8 Å². The van der Waals surface area contributed by atoms with Crippen LogP contribution < -0.4 is 21.1 Å². The van der Waals surface area contributed by atoms with Gasteiger partial charge in [-0.1, -0.05) is 0 Å². The summed E-state index contributed by atoms with van der Waals surface area (Å²) in [6.07, 6.45) is 2.62. The second-order valence-corrected chi connectivity index (χ2v) is 5.06. The molecule has 1 aliphatic carbocycles. The summed E-state index contributed by atoms with van der Waals surface area (Å²) in [6, 6.07) is 0. The van der Waals surface area contributed by atoms with Crippen LogP contribution in [-0.2, 0) is 0 Å². The van der Waals surface area contributed by atoms with Gasteiger partial charge in [-0.05, 0) is 39.5 Å². The third kappa shape index (κ3) is 3.47. The summed E-state index contributed by atoms with van der Waals surface area (Å²) in [6.45, 7) is 9.93. The van der Waals surface area contributed by atoms with E-state index in [1.807, 2.05) is 0 Å². The maximum absolute atomic E-state index is 5.49. The van der Waals surface area contributed by atoms with Crippen LogP contribution >= 0.6 is 0 Å². The third-order valence-electron chi connectivity index (χ3n) is 3.63. The number of hydrogen-bond donors (Lipinski definition) is 2. The van der Waals surface area contributed by atoms with Crippen molar-refractivity contribution in [1.82, 2.24) is 15.0 Å². The van der Waals surface area contributed by atoms with Gasteiger partial charge < -0.3 is 9.80 Å². The number of nitrogens with one attached hydrogen (secondary N) is 1. The Morgan fingerprint density at radius 1 is 1.00 bits per heavy atom. The molecule has 0 unspecified atom stereocenters. The van der Waals surface area contributed by atoms with Crippen molar-refractivity contribution in [3.63, 3.8) is 0 Å². The van der Waals surface area contributed by atoms with Gasteiger partial charge in [0.1, 0.15) is 0 Å².